The summed E-state index contributed by atoms with van der Waals surface area (Å²) in [5.74, 6) is -0.463. The zero-order chi connectivity index (χ0) is 14.4. The van der Waals surface area contributed by atoms with Crippen LogP contribution in [0.1, 0.15) is 31.4 Å². The van der Waals surface area contributed by atoms with Crippen LogP contribution < -0.4 is 10.6 Å². The average Bonchev–Trinajstić information content (AvgIpc) is 2.46. The van der Waals surface area contributed by atoms with E-state index in [4.69, 9.17) is 4.74 Å². The Balaban J connectivity index is 1.76. The van der Waals surface area contributed by atoms with Crippen LogP contribution in [0.3, 0.4) is 0 Å². The topological polar surface area (TPSA) is 50.4 Å². The summed E-state index contributed by atoms with van der Waals surface area (Å²) in [7, 11) is 0. The van der Waals surface area contributed by atoms with Crippen molar-refractivity contribution in [3.8, 4) is 0 Å². The Morgan fingerprint density at radius 3 is 2.95 bits per heavy atom. The van der Waals surface area contributed by atoms with E-state index >= 15 is 0 Å². The maximum atomic E-state index is 13.1. The smallest absolute Gasteiger partial charge is 0.246 e. The second-order valence-electron chi connectivity index (χ2n) is 5.10. The van der Waals surface area contributed by atoms with Gasteiger partial charge in [-0.2, -0.15) is 0 Å². The van der Waals surface area contributed by atoms with Gasteiger partial charge in [0.2, 0.25) is 5.91 Å². The molecule has 20 heavy (non-hydrogen) atoms. The van der Waals surface area contributed by atoms with E-state index in [9.17, 15) is 9.18 Å². The van der Waals surface area contributed by atoms with Crippen LogP contribution in [0.5, 0.6) is 0 Å². The lowest BCUT2D eigenvalue weighted by molar-refractivity contribution is -0.128. The Morgan fingerprint density at radius 2 is 2.25 bits per heavy atom. The summed E-state index contributed by atoms with van der Waals surface area (Å²) in [6, 6.07) is 6.02. The lowest BCUT2D eigenvalue weighted by Crippen LogP contribution is -2.36. The fourth-order valence-electron chi connectivity index (χ4n) is 2.30. The monoisotopic (exact) mass is 280 g/mol. The molecule has 1 aliphatic heterocycles. The number of nitrogens with one attached hydrogen (secondary N) is 2. The average molecular weight is 280 g/mol. The first-order valence-corrected chi connectivity index (χ1v) is 7.02. The van der Waals surface area contributed by atoms with E-state index in [0.29, 0.717) is 0 Å². The summed E-state index contributed by atoms with van der Waals surface area (Å²) in [5, 5.41) is 6.06. The van der Waals surface area contributed by atoms with Gasteiger partial charge in [0.25, 0.3) is 0 Å². The summed E-state index contributed by atoms with van der Waals surface area (Å²) in [5.41, 5.74) is 0.750. The normalized spacial score (nSPS) is 17.7. The molecule has 5 heteroatoms. The van der Waals surface area contributed by atoms with Crippen molar-refractivity contribution < 1.29 is 13.9 Å². The highest BCUT2D eigenvalue weighted by molar-refractivity contribution is 5.77. The van der Waals surface area contributed by atoms with Gasteiger partial charge in [0, 0.05) is 0 Å². The van der Waals surface area contributed by atoms with Crippen LogP contribution in [0.2, 0.25) is 0 Å². The molecule has 0 radical (unpaired) electrons. The number of piperidine rings is 1. The minimum atomic E-state index is -0.297. The number of hydrogen-bond donors (Lipinski definition) is 2. The number of halogens is 1. The highest BCUT2D eigenvalue weighted by Crippen LogP contribution is 2.13. The maximum Gasteiger partial charge on any atom is 0.246 e. The van der Waals surface area contributed by atoms with Gasteiger partial charge in [-0.3, -0.25) is 4.79 Å². The molecular weight excluding hydrogens is 259 g/mol. The summed E-state index contributed by atoms with van der Waals surface area (Å²) < 4.78 is 18.7. The molecule has 1 unspecified atom stereocenters. The molecule has 4 nitrogen and oxygen atoms in total. The Morgan fingerprint density at radius 1 is 1.50 bits per heavy atom. The SMILES string of the molecule is CC(NC(=O)COC1CCNCC1)c1cccc(F)c1. The van der Waals surface area contributed by atoms with Crippen LogP contribution in [0, 0.1) is 5.82 Å². The third-order valence-corrected chi connectivity index (χ3v) is 3.46. The molecule has 0 saturated carbocycles. The first-order valence-electron chi connectivity index (χ1n) is 7.02. The summed E-state index contributed by atoms with van der Waals surface area (Å²) in [4.78, 5) is 11.8. The van der Waals surface area contributed by atoms with Crippen molar-refractivity contribution in [2.24, 2.45) is 0 Å². The molecule has 0 aromatic heterocycles. The van der Waals surface area contributed by atoms with Gasteiger partial charge in [0.1, 0.15) is 12.4 Å². The molecule has 1 fully saturated rings. The van der Waals surface area contributed by atoms with E-state index in [0.717, 1.165) is 31.5 Å². The number of ether oxygens (including phenoxy) is 1. The quantitative estimate of drug-likeness (QED) is 0.864. The van der Waals surface area contributed by atoms with Gasteiger partial charge >= 0.3 is 0 Å². The second kappa shape index (κ2) is 7.36. The number of carbonyl (C=O) groups is 1. The fourth-order valence-corrected chi connectivity index (χ4v) is 2.30. The third kappa shape index (κ3) is 4.58. The number of rotatable bonds is 5. The highest BCUT2D eigenvalue weighted by Gasteiger charge is 2.16. The fraction of sp³-hybridized carbons (Fsp3) is 0.533. The zero-order valence-electron chi connectivity index (χ0n) is 11.7. The van der Waals surface area contributed by atoms with E-state index in [-0.39, 0.29) is 30.5 Å². The van der Waals surface area contributed by atoms with Gasteiger partial charge in [-0.15, -0.1) is 0 Å². The van der Waals surface area contributed by atoms with Crippen LogP contribution >= 0.6 is 0 Å². The van der Waals surface area contributed by atoms with Gasteiger partial charge in [0.05, 0.1) is 12.1 Å². The molecule has 0 bridgehead atoms. The molecule has 1 aromatic carbocycles. The number of hydrogen-bond acceptors (Lipinski definition) is 3. The van der Waals surface area contributed by atoms with Crippen molar-refractivity contribution in [2.45, 2.75) is 31.9 Å². The van der Waals surface area contributed by atoms with Crippen molar-refractivity contribution in [1.82, 2.24) is 10.6 Å². The van der Waals surface area contributed by atoms with Gasteiger partial charge in [-0.1, -0.05) is 12.1 Å². The predicted octanol–water partition coefficient (Wildman–Crippen LogP) is 1.77. The van der Waals surface area contributed by atoms with Crippen molar-refractivity contribution in [3.63, 3.8) is 0 Å². The molecule has 0 aliphatic carbocycles. The van der Waals surface area contributed by atoms with Crippen molar-refractivity contribution in [3.05, 3.63) is 35.6 Å². The van der Waals surface area contributed by atoms with E-state index < -0.39 is 0 Å². The molecule has 110 valence electrons. The lowest BCUT2D eigenvalue weighted by Gasteiger charge is -2.23. The Bertz CT molecular complexity index is 447. The zero-order valence-corrected chi connectivity index (χ0v) is 11.7. The highest BCUT2D eigenvalue weighted by atomic mass is 19.1. The largest absolute Gasteiger partial charge is 0.368 e. The maximum absolute atomic E-state index is 13.1. The second-order valence-corrected chi connectivity index (χ2v) is 5.10. The molecule has 1 aliphatic rings. The van der Waals surface area contributed by atoms with Crippen LogP contribution in [0.4, 0.5) is 4.39 Å². The Kier molecular flexibility index (Phi) is 5.49. The number of benzene rings is 1. The molecule has 2 rings (SSSR count). The molecule has 1 heterocycles. The number of carbonyl (C=O) groups excluding carboxylic acids is 1. The first kappa shape index (κ1) is 14.9. The van der Waals surface area contributed by atoms with Crippen LogP contribution in [-0.4, -0.2) is 31.7 Å². The molecular formula is C15H21FN2O2. The third-order valence-electron chi connectivity index (χ3n) is 3.46. The molecule has 1 atom stereocenters. The van der Waals surface area contributed by atoms with Crippen LogP contribution in [0.15, 0.2) is 24.3 Å². The van der Waals surface area contributed by atoms with E-state index in [1.807, 2.05) is 6.92 Å². The van der Waals surface area contributed by atoms with Crippen molar-refractivity contribution in [2.75, 3.05) is 19.7 Å². The molecule has 1 saturated heterocycles. The van der Waals surface area contributed by atoms with Crippen molar-refractivity contribution in [1.29, 1.82) is 0 Å². The Labute approximate surface area is 118 Å². The van der Waals surface area contributed by atoms with Crippen LogP contribution in [0.25, 0.3) is 0 Å². The van der Waals surface area contributed by atoms with E-state index in [2.05, 4.69) is 10.6 Å². The number of amides is 1. The standard InChI is InChI=1S/C15H21FN2O2/c1-11(12-3-2-4-13(16)9-12)18-15(19)10-20-14-5-7-17-8-6-14/h2-4,9,11,14,17H,5-8,10H2,1H3,(H,18,19). The molecule has 2 N–H and O–H groups in total. The van der Waals surface area contributed by atoms with Crippen molar-refractivity contribution >= 4 is 5.91 Å². The van der Waals surface area contributed by atoms with Gasteiger partial charge < -0.3 is 15.4 Å². The molecule has 0 spiro atoms. The predicted molar refractivity (Wildman–Crippen MR) is 74.8 cm³/mol. The molecule has 1 aromatic rings. The van der Waals surface area contributed by atoms with Gasteiger partial charge in [-0.05, 0) is 50.6 Å². The van der Waals surface area contributed by atoms with Gasteiger partial charge in [0.15, 0.2) is 0 Å². The Hall–Kier alpha value is -1.46. The minimum absolute atomic E-state index is 0.0598. The molecule has 1 amide bonds. The van der Waals surface area contributed by atoms with Crippen LogP contribution in [-0.2, 0) is 9.53 Å². The first-order chi connectivity index (χ1) is 9.65. The summed E-state index contributed by atoms with van der Waals surface area (Å²) >= 11 is 0. The van der Waals surface area contributed by atoms with Gasteiger partial charge in [-0.25, -0.2) is 4.39 Å². The van der Waals surface area contributed by atoms with E-state index in [1.54, 1.807) is 12.1 Å². The minimum Gasteiger partial charge on any atom is -0.368 e. The summed E-state index contributed by atoms with van der Waals surface area (Å²) in [6.45, 7) is 3.76. The van der Waals surface area contributed by atoms with E-state index in [1.165, 1.54) is 12.1 Å². The summed E-state index contributed by atoms with van der Waals surface area (Å²) in [6.07, 6.45) is 2.03. The lowest BCUT2D eigenvalue weighted by atomic mass is 10.1.